The molecule has 0 bridgehead atoms. The van der Waals surface area contributed by atoms with Crippen LogP contribution in [0.5, 0.6) is 0 Å². The highest BCUT2D eigenvalue weighted by atomic mass is 32.2. The fourth-order valence-corrected chi connectivity index (χ4v) is 4.48. The molecule has 20 heavy (non-hydrogen) atoms. The third-order valence-corrected chi connectivity index (χ3v) is 6.24. The van der Waals surface area contributed by atoms with Crippen LogP contribution in [0.25, 0.3) is 0 Å². The average Bonchev–Trinajstić information content (AvgIpc) is 2.74. The lowest BCUT2D eigenvalue weighted by Crippen LogP contribution is -2.54. The van der Waals surface area contributed by atoms with Gasteiger partial charge in [0.15, 0.2) is 5.03 Å². The lowest BCUT2D eigenvalue weighted by atomic mass is 9.90. The number of nitrogens with zero attached hydrogens (tertiary/aromatic N) is 3. The quantitative estimate of drug-likeness (QED) is 0.844. The van der Waals surface area contributed by atoms with E-state index < -0.39 is 15.6 Å². The summed E-state index contributed by atoms with van der Waals surface area (Å²) in [6.07, 6.45) is 9.05. The van der Waals surface area contributed by atoms with Gasteiger partial charge < -0.3 is 10.3 Å². The summed E-state index contributed by atoms with van der Waals surface area (Å²) in [6.45, 7) is 0.357. The lowest BCUT2D eigenvalue weighted by Gasteiger charge is -2.39. The Morgan fingerprint density at radius 3 is 2.40 bits per heavy atom. The number of aryl methyl sites for hydroxylation is 1. The molecule has 0 saturated heterocycles. The molecule has 0 spiro atoms. The van der Waals surface area contributed by atoms with Crippen LogP contribution in [0.15, 0.2) is 17.6 Å². The SMILES string of the molecule is CN(C1(CN)CCCCCC1)S(=O)(=O)c1cn(C)cn1. The zero-order valence-corrected chi connectivity index (χ0v) is 13.1. The third-order valence-electron chi connectivity index (χ3n) is 4.39. The van der Waals surface area contributed by atoms with Crippen LogP contribution in [0.2, 0.25) is 0 Å². The number of hydrogen-bond acceptors (Lipinski definition) is 4. The van der Waals surface area contributed by atoms with Crippen molar-refractivity contribution in [3.8, 4) is 0 Å². The summed E-state index contributed by atoms with van der Waals surface area (Å²) in [5.41, 5.74) is 5.49. The minimum absolute atomic E-state index is 0.0968. The van der Waals surface area contributed by atoms with E-state index in [1.165, 1.54) is 16.8 Å². The Labute approximate surface area is 121 Å². The number of hydrogen-bond donors (Lipinski definition) is 1. The summed E-state index contributed by atoms with van der Waals surface area (Å²) in [7, 11) is -0.182. The van der Waals surface area contributed by atoms with Gasteiger partial charge in [0.2, 0.25) is 0 Å². The smallest absolute Gasteiger partial charge is 0.262 e. The molecule has 0 aromatic carbocycles. The van der Waals surface area contributed by atoms with E-state index in [0.29, 0.717) is 6.54 Å². The molecule has 1 fully saturated rings. The van der Waals surface area contributed by atoms with Crippen LogP contribution >= 0.6 is 0 Å². The fraction of sp³-hybridized carbons (Fsp3) is 0.769. The minimum atomic E-state index is -3.58. The van der Waals surface area contributed by atoms with E-state index >= 15 is 0 Å². The van der Waals surface area contributed by atoms with Gasteiger partial charge in [0.25, 0.3) is 10.0 Å². The third kappa shape index (κ3) is 2.75. The Morgan fingerprint density at radius 2 is 1.95 bits per heavy atom. The van der Waals surface area contributed by atoms with Crippen LogP contribution in [0.4, 0.5) is 0 Å². The fourth-order valence-electron chi connectivity index (χ4n) is 2.95. The molecule has 2 rings (SSSR count). The first kappa shape index (κ1) is 15.5. The summed E-state index contributed by atoms with van der Waals surface area (Å²) in [6, 6.07) is 0. The number of rotatable bonds is 4. The van der Waals surface area contributed by atoms with Gasteiger partial charge in [-0.3, -0.25) is 0 Å². The number of sulfonamides is 1. The van der Waals surface area contributed by atoms with Crippen molar-refractivity contribution in [1.82, 2.24) is 13.9 Å². The minimum Gasteiger partial charge on any atom is -0.339 e. The molecule has 0 radical (unpaired) electrons. The van der Waals surface area contributed by atoms with Crippen LogP contribution in [0.3, 0.4) is 0 Å². The van der Waals surface area contributed by atoms with Crippen molar-refractivity contribution in [1.29, 1.82) is 0 Å². The van der Waals surface area contributed by atoms with E-state index in [4.69, 9.17) is 5.73 Å². The number of nitrogens with two attached hydrogens (primary N) is 1. The van der Waals surface area contributed by atoms with Crippen LogP contribution in [0, 0.1) is 0 Å². The van der Waals surface area contributed by atoms with E-state index in [9.17, 15) is 8.42 Å². The molecule has 2 N–H and O–H groups in total. The van der Waals surface area contributed by atoms with Crippen molar-refractivity contribution in [3.63, 3.8) is 0 Å². The van der Waals surface area contributed by atoms with Crippen molar-refractivity contribution >= 4 is 10.0 Å². The second-order valence-electron chi connectivity index (χ2n) is 5.69. The van der Waals surface area contributed by atoms with Gasteiger partial charge >= 0.3 is 0 Å². The second-order valence-corrected chi connectivity index (χ2v) is 7.61. The number of likely N-dealkylation sites (N-methyl/N-ethyl adjacent to an activating group) is 1. The Hall–Kier alpha value is -0.920. The Kier molecular flexibility index (Phi) is 4.51. The summed E-state index contributed by atoms with van der Waals surface area (Å²) in [5, 5.41) is 0.0968. The maximum absolute atomic E-state index is 12.7. The highest BCUT2D eigenvalue weighted by molar-refractivity contribution is 7.89. The van der Waals surface area contributed by atoms with Crippen LogP contribution < -0.4 is 5.73 Å². The molecular weight excluding hydrogens is 276 g/mol. The van der Waals surface area contributed by atoms with Gasteiger partial charge in [0, 0.05) is 32.4 Å². The Morgan fingerprint density at radius 1 is 1.35 bits per heavy atom. The van der Waals surface area contributed by atoms with Crippen molar-refractivity contribution in [2.45, 2.75) is 49.1 Å². The molecule has 114 valence electrons. The van der Waals surface area contributed by atoms with Gasteiger partial charge in [0.1, 0.15) is 0 Å². The van der Waals surface area contributed by atoms with Crippen molar-refractivity contribution < 1.29 is 8.42 Å². The molecule has 1 aliphatic rings. The maximum Gasteiger partial charge on any atom is 0.262 e. The number of aromatic nitrogens is 2. The summed E-state index contributed by atoms with van der Waals surface area (Å²) >= 11 is 0. The van der Waals surface area contributed by atoms with Crippen LogP contribution in [-0.2, 0) is 17.1 Å². The topological polar surface area (TPSA) is 81.2 Å². The molecular formula is C13H24N4O2S. The molecule has 1 saturated carbocycles. The van der Waals surface area contributed by atoms with Crippen molar-refractivity contribution in [3.05, 3.63) is 12.5 Å². The van der Waals surface area contributed by atoms with Gasteiger partial charge in [-0.1, -0.05) is 25.7 Å². The normalized spacial score (nSPS) is 20.0. The van der Waals surface area contributed by atoms with Gasteiger partial charge in [-0.2, -0.15) is 4.31 Å². The molecule has 1 aromatic rings. The Bertz CT molecular complexity index is 544. The Balaban J connectivity index is 2.34. The van der Waals surface area contributed by atoms with Gasteiger partial charge in [-0.05, 0) is 12.8 Å². The highest BCUT2D eigenvalue weighted by Crippen LogP contribution is 2.34. The predicted molar refractivity (Wildman–Crippen MR) is 77.6 cm³/mol. The van der Waals surface area contributed by atoms with E-state index in [-0.39, 0.29) is 5.03 Å². The van der Waals surface area contributed by atoms with Crippen LogP contribution in [-0.4, -0.2) is 41.4 Å². The molecule has 0 amide bonds. The van der Waals surface area contributed by atoms with E-state index in [1.807, 2.05) is 0 Å². The first-order chi connectivity index (χ1) is 9.42. The van der Waals surface area contributed by atoms with E-state index in [1.54, 1.807) is 18.7 Å². The maximum atomic E-state index is 12.7. The first-order valence-electron chi connectivity index (χ1n) is 7.09. The first-order valence-corrected chi connectivity index (χ1v) is 8.53. The van der Waals surface area contributed by atoms with Crippen molar-refractivity contribution in [2.75, 3.05) is 13.6 Å². The molecule has 0 atom stereocenters. The molecule has 0 unspecified atom stereocenters. The highest BCUT2D eigenvalue weighted by Gasteiger charge is 2.41. The average molecular weight is 300 g/mol. The van der Waals surface area contributed by atoms with Gasteiger partial charge in [-0.15, -0.1) is 0 Å². The van der Waals surface area contributed by atoms with E-state index in [0.717, 1.165) is 38.5 Å². The molecule has 1 heterocycles. The summed E-state index contributed by atoms with van der Waals surface area (Å²) in [4.78, 5) is 3.98. The molecule has 1 aliphatic carbocycles. The van der Waals surface area contributed by atoms with Gasteiger partial charge in [0.05, 0.1) is 6.33 Å². The summed E-state index contributed by atoms with van der Waals surface area (Å²) < 4.78 is 28.5. The monoisotopic (exact) mass is 300 g/mol. The summed E-state index contributed by atoms with van der Waals surface area (Å²) in [5.74, 6) is 0. The number of imidazole rings is 1. The molecule has 7 heteroatoms. The lowest BCUT2D eigenvalue weighted by molar-refractivity contribution is 0.195. The van der Waals surface area contributed by atoms with Crippen LogP contribution in [0.1, 0.15) is 38.5 Å². The molecule has 1 aromatic heterocycles. The van der Waals surface area contributed by atoms with Crippen molar-refractivity contribution in [2.24, 2.45) is 12.8 Å². The molecule has 6 nitrogen and oxygen atoms in total. The largest absolute Gasteiger partial charge is 0.339 e. The van der Waals surface area contributed by atoms with E-state index in [2.05, 4.69) is 4.98 Å². The standard InChI is InChI=1S/C13H24N4O2S/c1-16-9-12(15-11-16)20(18,19)17(2)13(10-14)7-5-3-4-6-8-13/h9,11H,3-8,10,14H2,1-2H3. The zero-order valence-electron chi connectivity index (χ0n) is 12.2. The zero-order chi connectivity index (χ0) is 14.8. The molecule has 0 aliphatic heterocycles. The van der Waals surface area contributed by atoms with Gasteiger partial charge in [-0.25, -0.2) is 13.4 Å². The second kappa shape index (κ2) is 5.83. The predicted octanol–water partition coefficient (Wildman–Crippen LogP) is 1.09.